The van der Waals surface area contributed by atoms with Crippen molar-refractivity contribution in [3.05, 3.63) is 45.6 Å². The predicted octanol–water partition coefficient (Wildman–Crippen LogP) is 4.80. The molecule has 0 bridgehead atoms. The van der Waals surface area contributed by atoms with Crippen molar-refractivity contribution in [3.63, 3.8) is 0 Å². The van der Waals surface area contributed by atoms with E-state index in [4.69, 9.17) is 16.3 Å². The minimum atomic E-state index is 0.652. The van der Waals surface area contributed by atoms with E-state index in [1.54, 1.807) is 11.3 Å². The first-order valence-corrected chi connectivity index (χ1v) is 7.29. The minimum absolute atomic E-state index is 0.652. The summed E-state index contributed by atoms with van der Waals surface area (Å²) in [6.45, 7) is 3.58. The lowest BCUT2D eigenvalue weighted by atomic mass is 10.2. The van der Waals surface area contributed by atoms with Crippen LogP contribution in [0.25, 0.3) is 0 Å². The van der Waals surface area contributed by atoms with E-state index >= 15 is 0 Å². The van der Waals surface area contributed by atoms with E-state index in [0.29, 0.717) is 11.6 Å². The number of hydrogen-bond donors (Lipinski definition) is 1. The fraction of sp³-hybridized carbons (Fsp3) is 0.286. The van der Waals surface area contributed by atoms with Crippen LogP contribution < -0.4 is 10.1 Å². The molecule has 2 rings (SSSR count). The highest BCUT2D eigenvalue weighted by atomic mass is 35.5. The molecule has 1 heterocycles. The second-order valence-corrected chi connectivity index (χ2v) is 5.17. The van der Waals surface area contributed by atoms with Crippen LogP contribution in [-0.4, -0.2) is 6.61 Å². The lowest BCUT2D eigenvalue weighted by molar-refractivity contribution is 0.317. The maximum atomic E-state index is 6.16. The number of rotatable bonds is 6. The molecule has 1 aromatic heterocycles. The van der Waals surface area contributed by atoms with Gasteiger partial charge in [-0.1, -0.05) is 18.5 Å². The fourth-order valence-electron chi connectivity index (χ4n) is 1.54. The number of halogens is 1. The normalized spacial score (nSPS) is 10.3. The summed E-state index contributed by atoms with van der Waals surface area (Å²) in [5, 5.41) is 8.20. The lowest BCUT2D eigenvalue weighted by Crippen LogP contribution is -1.99. The van der Waals surface area contributed by atoms with Gasteiger partial charge in [-0.2, -0.15) is 11.3 Å². The number of anilines is 1. The van der Waals surface area contributed by atoms with Gasteiger partial charge in [0.25, 0.3) is 0 Å². The first kappa shape index (κ1) is 13.2. The first-order chi connectivity index (χ1) is 8.79. The molecule has 0 saturated heterocycles. The monoisotopic (exact) mass is 281 g/mol. The molecule has 0 aliphatic rings. The van der Waals surface area contributed by atoms with Crippen LogP contribution in [-0.2, 0) is 6.54 Å². The second-order valence-electron chi connectivity index (χ2n) is 3.98. The highest BCUT2D eigenvalue weighted by molar-refractivity contribution is 7.07. The maximum Gasteiger partial charge on any atom is 0.138 e. The first-order valence-electron chi connectivity index (χ1n) is 5.97. The van der Waals surface area contributed by atoms with Crippen molar-refractivity contribution in [1.82, 2.24) is 0 Å². The molecule has 96 valence electrons. The van der Waals surface area contributed by atoms with Crippen LogP contribution >= 0.6 is 22.9 Å². The molecule has 0 saturated carbocycles. The quantitative estimate of drug-likeness (QED) is 0.821. The van der Waals surface area contributed by atoms with Crippen LogP contribution in [0.2, 0.25) is 5.02 Å². The van der Waals surface area contributed by atoms with E-state index in [-0.39, 0.29) is 0 Å². The molecule has 2 nitrogen and oxygen atoms in total. The topological polar surface area (TPSA) is 21.3 Å². The van der Waals surface area contributed by atoms with Crippen LogP contribution in [0.15, 0.2) is 35.0 Å². The van der Waals surface area contributed by atoms with E-state index in [0.717, 1.165) is 24.4 Å². The van der Waals surface area contributed by atoms with Gasteiger partial charge in [0.1, 0.15) is 5.75 Å². The SMILES string of the molecule is CCCOc1ccc(NCc2ccsc2)cc1Cl. The lowest BCUT2D eigenvalue weighted by Gasteiger charge is -2.10. The molecule has 0 aliphatic carbocycles. The molecule has 1 aromatic carbocycles. The summed E-state index contributed by atoms with van der Waals surface area (Å²) in [5.41, 5.74) is 2.29. The largest absolute Gasteiger partial charge is 0.492 e. The van der Waals surface area contributed by atoms with Crippen molar-refractivity contribution in [3.8, 4) is 5.75 Å². The molecule has 0 amide bonds. The third kappa shape index (κ3) is 3.65. The van der Waals surface area contributed by atoms with Crippen molar-refractivity contribution in [2.75, 3.05) is 11.9 Å². The standard InChI is InChI=1S/C14H16ClNOS/c1-2-6-17-14-4-3-12(8-13(14)15)16-9-11-5-7-18-10-11/h3-5,7-8,10,16H,2,6,9H2,1H3. The van der Waals surface area contributed by atoms with E-state index in [1.807, 2.05) is 18.2 Å². The Hall–Kier alpha value is -1.19. The van der Waals surface area contributed by atoms with Crippen LogP contribution in [0.1, 0.15) is 18.9 Å². The summed E-state index contributed by atoms with van der Waals surface area (Å²) < 4.78 is 5.53. The Labute approximate surface area is 117 Å². The Balaban J connectivity index is 1.95. The Kier molecular flexibility index (Phi) is 4.90. The van der Waals surface area contributed by atoms with Gasteiger partial charge in [-0.25, -0.2) is 0 Å². The summed E-state index contributed by atoms with van der Waals surface area (Å²) in [6.07, 6.45) is 0.981. The van der Waals surface area contributed by atoms with Gasteiger partial charge in [0, 0.05) is 12.2 Å². The Morgan fingerprint density at radius 1 is 1.33 bits per heavy atom. The average molecular weight is 282 g/mol. The molecule has 0 unspecified atom stereocenters. The molecule has 0 spiro atoms. The Bertz CT molecular complexity index is 485. The van der Waals surface area contributed by atoms with Crippen molar-refractivity contribution in [2.24, 2.45) is 0 Å². The predicted molar refractivity (Wildman–Crippen MR) is 78.9 cm³/mol. The fourth-order valence-corrected chi connectivity index (χ4v) is 2.44. The Morgan fingerprint density at radius 2 is 2.22 bits per heavy atom. The van der Waals surface area contributed by atoms with Gasteiger partial charge in [0.15, 0.2) is 0 Å². The van der Waals surface area contributed by atoms with E-state index in [9.17, 15) is 0 Å². The molecule has 0 aliphatic heterocycles. The number of hydrogen-bond acceptors (Lipinski definition) is 3. The molecular weight excluding hydrogens is 266 g/mol. The van der Waals surface area contributed by atoms with Crippen LogP contribution in [0, 0.1) is 0 Å². The van der Waals surface area contributed by atoms with Crippen molar-refractivity contribution < 1.29 is 4.74 Å². The number of nitrogens with one attached hydrogen (secondary N) is 1. The molecule has 1 N–H and O–H groups in total. The average Bonchev–Trinajstić information content (AvgIpc) is 2.88. The van der Waals surface area contributed by atoms with Gasteiger partial charge in [0.2, 0.25) is 0 Å². The third-order valence-electron chi connectivity index (χ3n) is 2.47. The minimum Gasteiger partial charge on any atom is -0.492 e. The van der Waals surface area contributed by atoms with Gasteiger partial charge in [-0.15, -0.1) is 0 Å². The molecule has 4 heteroatoms. The molecule has 0 radical (unpaired) electrons. The van der Waals surface area contributed by atoms with Crippen LogP contribution in [0.4, 0.5) is 5.69 Å². The maximum absolute atomic E-state index is 6.16. The summed E-state index contributed by atoms with van der Waals surface area (Å²) in [5.74, 6) is 0.750. The second kappa shape index (κ2) is 6.66. The zero-order chi connectivity index (χ0) is 12.8. The third-order valence-corrected chi connectivity index (χ3v) is 3.50. The van der Waals surface area contributed by atoms with Crippen molar-refractivity contribution in [2.45, 2.75) is 19.9 Å². The van der Waals surface area contributed by atoms with Crippen molar-refractivity contribution in [1.29, 1.82) is 0 Å². The molecule has 18 heavy (non-hydrogen) atoms. The number of thiophene rings is 1. The van der Waals surface area contributed by atoms with Gasteiger partial charge in [0.05, 0.1) is 11.6 Å². The zero-order valence-corrected chi connectivity index (χ0v) is 11.9. The van der Waals surface area contributed by atoms with Gasteiger partial charge in [-0.3, -0.25) is 0 Å². The summed E-state index contributed by atoms with van der Waals surface area (Å²) >= 11 is 7.87. The highest BCUT2D eigenvalue weighted by Crippen LogP contribution is 2.28. The van der Waals surface area contributed by atoms with Gasteiger partial charge >= 0.3 is 0 Å². The van der Waals surface area contributed by atoms with E-state index < -0.39 is 0 Å². The summed E-state index contributed by atoms with van der Waals surface area (Å²) in [6, 6.07) is 7.91. The van der Waals surface area contributed by atoms with Gasteiger partial charge < -0.3 is 10.1 Å². The Morgan fingerprint density at radius 3 is 2.89 bits per heavy atom. The molecule has 0 fully saturated rings. The molecular formula is C14H16ClNOS. The van der Waals surface area contributed by atoms with Crippen molar-refractivity contribution >= 4 is 28.6 Å². The van der Waals surface area contributed by atoms with Crippen LogP contribution in [0.5, 0.6) is 5.75 Å². The summed E-state index contributed by atoms with van der Waals surface area (Å²) in [4.78, 5) is 0. The number of ether oxygens (including phenoxy) is 1. The zero-order valence-electron chi connectivity index (χ0n) is 10.3. The van der Waals surface area contributed by atoms with E-state index in [1.165, 1.54) is 5.56 Å². The van der Waals surface area contributed by atoms with Gasteiger partial charge in [-0.05, 0) is 47.0 Å². The molecule has 0 atom stereocenters. The van der Waals surface area contributed by atoms with Crippen LogP contribution in [0.3, 0.4) is 0 Å². The molecule has 2 aromatic rings. The van der Waals surface area contributed by atoms with E-state index in [2.05, 4.69) is 29.1 Å². The highest BCUT2D eigenvalue weighted by Gasteiger charge is 2.03. The number of benzene rings is 1. The smallest absolute Gasteiger partial charge is 0.138 e. The summed E-state index contributed by atoms with van der Waals surface area (Å²) in [7, 11) is 0.